The number of aryl methyl sites for hydroxylation is 2. The van der Waals surface area contributed by atoms with Crippen LogP contribution in [0, 0.1) is 41.7 Å². The van der Waals surface area contributed by atoms with E-state index in [1.807, 2.05) is 31.2 Å². The number of allylic oxidation sites excluding steroid dienone is 1. The summed E-state index contributed by atoms with van der Waals surface area (Å²) in [5.41, 5.74) is 3.33. The van der Waals surface area contributed by atoms with E-state index in [9.17, 15) is 24.5 Å². The Hall–Kier alpha value is -4.99. The Kier molecular flexibility index (Phi) is 5.12. The van der Waals surface area contributed by atoms with E-state index in [0.717, 1.165) is 16.0 Å². The van der Waals surface area contributed by atoms with E-state index in [-0.39, 0.29) is 18.2 Å². The summed E-state index contributed by atoms with van der Waals surface area (Å²) in [4.78, 5) is 53.8. The fraction of sp³-hybridized carbons (Fsp3) is 0.233. The van der Waals surface area contributed by atoms with E-state index in [2.05, 4.69) is 0 Å². The van der Waals surface area contributed by atoms with Crippen LogP contribution in [-0.4, -0.2) is 29.5 Å². The summed E-state index contributed by atoms with van der Waals surface area (Å²) in [7, 11) is 0. The van der Waals surface area contributed by atoms with Crippen LogP contribution in [0.3, 0.4) is 0 Å². The van der Waals surface area contributed by atoms with Gasteiger partial charge in [0.2, 0.25) is 18.6 Å². The van der Waals surface area contributed by atoms with Crippen molar-refractivity contribution >= 4 is 34.7 Å². The van der Waals surface area contributed by atoms with Crippen LogP contribution in [0.25, 0.3) is 5.57 Å². The molecule has 10 nitrogen and oxygen atoms in total. The van der Waals surface area contributed by atoms with E-state index in [1.165, 1.54) is 18.2 Å². The molecule has 0 spiro atoms. The minimum atomic E-state index is -1.07. The van der Waals surface area contributed by atoms with Gasteiger partial charge in [0, 0.05) is 23.6 Å². The van der Waals surface area contributed by atoms with Gasteiger partial charge in [-0.15, -0.1) is 0 Å². The minimum absolute atomic E-state index is 0.0779. The second-order valence-corrected chi connectivity index (χ2v) is 10.5. The monoisotopic (exact) mass is 538 g/mol. The molecule has 0 N–H and O–H groups in total. The van der Waals surface area contributed by atoms with Crippen LogP contribution in [0.1, 0.15) is 28.2 Å². The first-order valence-corrected chi connectivity index (χ1v) is 12.8. The quantitative estimate of drug-likeness (QED) is 0.157. The Morgan fingerprint density at radius 3 is 2.45 bits per heavy atom. The summed E-state index contributed by atoms with van der Waals surface area (Å²) in [6, 6.07) is 14.9. The number of nitro benzene ring substituents is 1. The molecule has 1 saturated heterocycles. The molecule has 0 aromatic heterocycles. The summed E-state index contributed by atoms with van der Waals surface area (Å²) >= 11 is 0. The number of imide groups is 1. The molecule has 40 heavy (non-hydrogen) atoms. The highest BCUT2D eigenvalue weighted by atomic mass is 16.7. The Labute approximate surface area is 227 Å². The predicted molar refractivity (Wildman–Crippen MR) is 141 cm³/mol. The van der Waals surface area contributed by atoms with Gasteiger partial charge >= 0.3 is 5.97 Å². The number of esters is 1. The van der Waals surface area contributed by atoms with Crippen molar-refractivity contribution < 1.29 is 33.5 Å². The SMILES string of the molecule is Cc1ccc2c(c1)OC(=O)[C@@H]1C2=C[C@H](c2ccc3c(c2)OCO3)[C@@H]2C(=O)N(c3cc([N+](=O)[O-])ccc3C)C(=O)[C@H]12. The Bertz CT molecular complexity index is 1710. The van der Waals surface area contributed by atoms with Crippen molar-refractivity contribution in [2.75, 3.05) is 11.7 Å². The molecule has 3 aliphatic heterocycles. The van der Waals surface area contributed by atoms with E-state index >= 15 is 0 Å². The Balaban J connectivity index is 1.42. The van der Waals surface area contributed by atoms with Gasteiger partial charge in [-0.3, -0.25) is 24.5 Å². The van der Waals surface area contributed by atoms with E-state index in [0.29, 0.717) is 33.9 Å². The molecule has 3 aromatic rings. The smallest absolute Gasteiger partial charge is 0.319 e. The molecule has 0 bridgehead atoms. The zero-order chi connectivity index (χ0) is 27.9. The number of nitro groups is 1. The van der Waals surface area contributed by atoms with Crippen molar-refractivity contribution in [3.63, 3.8) is 0 Å². The maximum Gasteiger partial charge on any atom is 0.319 e. The van der Waals surface area contributed by atoms with Crippen molar-refractivity contribution in [2.45, 2.75) is 19.8 Å². The lowest BCUT2D eigenvalue weighted by atomic mass is 9.64. The molecule has 1 fully saturated rings. The minimum Gasteiger partial charge on any atom is -0.454 e. The molecule has 200 valence electrons. The van der Waals surface area contributed by atoms with Gasteiger partial charge in [-0.25, -0.2) is 4.90 Å². The Morgan fingerprint density at radius 1 is 0.875 bits per heavy atom. The number of amides is 2. The fourth-order valence-electron chi connectivity index (χ4n) is 6.30. The van der Waals surface area contributed by atoms with Crippen molar-refractivity contribution in [3.05, 3.63) is 93.0 Å². The number of rotatable bonds is 3. The topological polar surface area (TPSA) is 125 Å². The molecule has 3 heterocycles. The number of anilines is 1. The van der Waals surface area contributed by atoms with Crippen molar-refractivity contribution in [2.24, 2.45) is 17.8 Å². The molecule has 0 saturated carbocycles. The van der Waals surface area contributed by atoms with Crippen molar-refractivity contribution in [3.8, 4) is 17.2 Å². The molecule has 10 heteroatoms. The van der Waals surface area contributed by atoms with E-state index in [4.69, 9.17) is 14.2 Å². The predicted octanol–water partition coefficient (Wildman–Crippen LogP) is 4.46. The number of hydrogen-bond donors (Lipinski definition) is 0. The molecule has 0 unspecified atom stereocenters. The lowest BCUT2D eigenvalue weighted by Gasteiger charge is -2.38. The second-order valence-electron chi connectivity index (χ2n) is 10.5. The molecule has 4 aliphatic rings. The summed E-state index contributed by atoms with van der Waals surface area (Å²) in [5, 5.41) is 11.5. The van der Waals surface area contributed by atoms with E-state index in [1.54, 1.807) is 25.1 Å². The van der Waals surface area contributed by atoms with Crippen LogP contribution < -0.4 is 19.1 Å². The van der Waals surface area contributed by atoms with Crippen LogP contribution in [-0.2, 0) is 14.4 Å². The molecule has 1 aliphatic carbocycles. The highest BCUT2D eigenvalue weighted by Gasteiger charge is 2.60. The summed E-state index contributed by atoms with van der Waals surface area (Å²) in [6.45, 7) is 3.64. The number of nitrogens with zero attached hydrogens (tertiary/aromatic N) is 2. The first kappa shape index (κ1) is 24.1. The van der Waals surface area contributed by atoms with E-state index < -0.39 is 46.4 Å². The molecular formula is C30H22N2O8. The summed E-state index contributed by atoms with van der Waals surface area (Å²) in [6.07, 6.45) is 1.88. The Morgan fingerprint density at radius 2 is 1.65 bits per heavy atom. The molecule has 3 aromatic carbocycles. The zero-order valence-corrected chi connectivity index (χ0v) is 21.5. The van der Waals surface area contributed by atoms with Crippen LogP contribution in [0.2, 0.25) is 0 Å². The van der Waals surface area contributed by atoms with Crippen LogP contribution in [0.4, 0.5) is 11.4 Å². The first-order chi connectivity index (χ1) is 19.2. The number of carbonyl (C=O) groups is 3. The van der Waals surface area contributed by atoms with Gasteiger partial charge in [-0.1, -0.05) is 30.3 Å². The molecule has 7 rings (SSSR count). The third-order valence-corrected chi connectivity index (χ3v) is 8.18. The van der Waals surface area contributed by atoms with Crippen LogP contribution >= 0.6 is 0 Å². The molecular weight excluding hydrogens is 516 g/mol. The zero-order valence-electron chi connectivity index (χ0n) is 21.5. The normalized spacial score (nSPS) is 24.2. The van der Waals surface area contributed by atoms with Gasteiger partial charge in [0.25, 0.3) is 5.69 Å². The third kappa shape index (κ3) is 3.38. The van der Waals surface area contributed by atoms with Crippen LogP contribution in [0.5, 0.6) is 17.2 Å². The maximum absolute atomic E-state index is 14.2. The average Bonchev–Trinajstić information content (AvgIpc) is 3.50. The highest BCUT2D eigenvalue weighted by molar-refractivity contribution is 6.25. The maximum atomic E-state index is 14.2. The van der Waals surface area contributed by atoms with Gasteiger partial charge in [0.1, 0.15) is 5.75 Å². The average molecular weight is 539 g/mol. The number of hydrogen-bond acceptors (Lipinski definition) is 8. The number of non-ortho nitro benzene ring substituents is 1. The molecule has 0 radical (unpaired) electrons. The number of benzene rings is 3. The standard InChI is InChI=1S/C30H22N2O8/c1-14-3-7-18-20-12-19(16-5-8-22-24(10-16)39-13-38-22)25-27(26(20)30(35)40-23(18)9-14)29(34)31(28(25)33)21-11-17(32(36)37)6-4-15(21)2/h3-12,19,25-27H,13H2,1-2H3/t19-,25+,26-,27+/m1/s1. The van der Waals surface area contributed by atoms with Crippen molar-refractivity contribution in [1.82, 2.24) is 0 Å². The lowest BCUT2D eigenvalue weighted by Crippen LogP contribution is -2.42. The van der Waals surface area contributed by atoms with Gasteiger partial charge < -0.3 is 14.2 Å². The summed E-state index contributed by atoms with van der Waals surface area (Å²) in [5.74, 6) is -3.84. The molecule has 4 atom stereocenters. The van der Waals surface area contributed by atoms with Gasteiger partial charge in [0.05, 0.1) is 28.4 Å². The van der Waals surface area contributed by atoms with Gasteiger partial charge in [-0.05, 0) is 54.3 Å². The van der Waals surface area contributed by atoms with Gasteiger partial charge in [-0.2, -0.15) is 0 Å². The summed E-state index contributed by atoms with van der Waals surface area (Å²) < 4.78 is 16.7. The second kappa shape index (κ2) is 8.51. The first-order valence-electron chi connectivity index (χ1n) is 12.8. The number of fused-ring (bicyclic) bond motifs is 6. The molecule has 2 amide bonds. The van der Waals surface area contributed by atoms with Crippen LogP contribution in [0.15, 0.2) is 60.7 Å². The third-order valence-electron chi connectivity index (χ3n) is 8.18. The highest BCUT2D eigenvalue weighted by Crippen LogP contribution is 2.55. The van der Waals surface area contributed by atoms with Gasteiger partial charge in [0.15, 0.2) is 11.5 Å². The lowest BCUT2D eigenvalue weighted by molar-refractivity contribution is -0.384. The largest absolute Gasteiger partial charge is 0.454 e. The number of ether oxygens (including phenoxy) is 3. The van der Waals surface area contributed by atoms with Crippen molar-refractivity contribution in [1.29, 1.82) is 0 Å². The number of carbonyl (C=O) groups excluding carboxylic acids is 3. The fourth-order valence-corrected chi connectivity index (χ4v) is 6.30.